The second-order valence-corrected chi connectivity index (χ2v) is 7.01. The molecule has 0 heterocycles. The first kappa shape index (κ1) is 14.8. The van der Waals surface area contributed by atoms with Crippen molar-refractivity contribution in [1.29, 1.82) is 0 Å². The van der Waals surface area contributed by atoms with Gasteiger partial charge in [-0.15, -0.1) is 0 Å². The van der Waals surface area contributed by atoms with Crippen LogP contribution in [0.1, 0.15) is 55.9 Å². The first-order valence-electron chi connectivity index (χ1n) is 7.87. The van der Waals surface area contributed by atoms with E-state index in [1.54, 1.807) is 0 Å². The molecule has 2 aromatic rings. The van der Waals surface area contributed by atoms with Gasteiger partial charge in [-0.3, -0.25) is 4.99 Å². The molecule has 0 saturated carbocycles. The van der Waals surface area contributed by atoms with Gasteiger partial charge in [0.05, 0.1) is 5.54 Å². The summed E-state index contributed by atoms with van der Waals surface area (Å²) in [5, 5.41) is 0. The summed E-state index contributed by atoms with van der Waals surface area (Å²) in [6, 6.07) is 17.3. The Bertz CT molecular complexity index is 744. The molecule has 1 unspecified atom stereocenters. The van der Waals surface area contributed by atoms with Crippen molar-refractivity contribution in [2.24, 2.45) is 4.99 Å². The Morgan fingerprint density at radius 1 is 0.909 bits per heavy atom. The average molecular weight is 289 g/mol. The third-order valence-corrected chi connectivity index (χ3v) is 4.04. The van der Waals surface area contributed by atoms with Gasteiger partial charge in [0.25, 0.3) is 0 Å². The third kappa shape index (κ3) is 2.89. The Labute approximate surface area is 133 Å². The van der Waals surface area contributed by atoms with E-state index < -0.39 is 0 Å². The normalized spacial score (nSPS) is 17.6. The maximum absolute atomic E-state index is 4.70. The quantitative estimate of drug-likeness (QED) is 0.652. The number of hydrogen-bond donors (Lipinski definition) is 0. The van der Waals surface area contributed by atoms with Crippen molar-refractivity contribution < 1.29 is 0 Å². The largest absolute Gasteiger partial charge is 0.287 e. The van der Waals surface area contributed by atoms with E-state index in [1.807, 2.05) is 6.21 Å². The molecular weight excluding hydrogens is 266 g/mol. The molecule has 1 aliphatic rings. The molecule has 0 aromatic heterocycles. The Morgan fingerprint density at radius 3 is 2.27 bits per heavy atom. The fourth-order valence-electron chi connectivity index (χ4n) is 3.05. The van der Waals surface area contributed by atoms with Gasteiger partial charge in [-0.2, -0.15) is 0 Å². The van der Waals surface area contributed by atoms with Crippen LogP contribution in [0.15, 0.2) is 59.1 Å². The van der Waals surface area contributed by atoms with Gasteiger partial charge in [0.15, 0.2) is 0 Å². The fraction of sp³-hybridized carbons (Fsp3) is 0.286. The number of nitrogens with zero attached hydrogens (tertiary/aromatic N) is 1. The zero-order chi connectivity index (χ0) is 15.7. The summed E-state index contributed by atoms with van der Waals surface area (Å²) in [4.78, 5) is 4.70. The molecule has 0 radical (unpaired) electrons. The van der Waals surface area contributed by atoms with E-state index in [2.05, 4.69) is 82.3 Å². The number of allylic oxidation sites excluding steroid dienone is 1. The minimum absolute atomic E-state index is 0.0500. The highest BCUT2D eigenvalue weighted by Gasteiger charge is 2.25. The zero-order valence-corrected chi connectivity index (χ0v) is 13.8. The minimum Gasteiger partial charge on any atom is -0.287 e. The van der Waals surface area contributed by atoms with Crippen LogP contribution in [0.2, 0.25) is 0 Å². The topological polar surface area (TPSA) is 12.4 Å². The summed E-state index contributed by atoms with van der Waals surface area (Å²) >= 11 is 0. The molecule has 0 N–H and O–H groups in total. The summed E-state index contributed by atoms with van der Waals surface area (Å²) in [6.07, 6.45) is 4.33. The molecule has 1 heteroatoms. The molecule has 2 aromatic carbocycles. The first-order valence-corrected chi connectivity index (χ1v) is 7.87. The van der Waals surface area contributed by atoms with E-state index in [0.717, 1.165) is 0 Å². The molecule has 1 aliphatic carbocycles. The van der Waals surface area contributed by atoms with Crippen LogP contribution in [0.4, 0.5) is 0 Å². The summed E-state index contributed by atoms with van der Waals surface area (Å²) < 4.78 is 0. The second-order valence-electron chi connectivity index (χ2n) is 7.01. The van der Waals surface area contributed by atoms with E-state index >= 15 is 0 Å². The Hall–Kier alpha value is -2.15. The third-order valence-electron chi connectivity index (χ3n) is 4.04. The van der Waals surface area contributed by atoms with Gasteiger partial charge < -0.3 is 0 Å². The highest BCUT2D eigenvalue weighted by molar-refractivity contribution is 5.84. The maximum Gasteiger partial charge on any atom is 0.0524 e. The first-order chi connectivity index (χ1) is 10.5. The van der Waals surface area contributed by atoms with Crippen LogP contribution in [-0.4, -0.2) is 11.8 Å². The van der Waals surface area contributed by atoms with Crippen LogP contribution in [0.25, 0.3) is 6.08 Å². The molecule has 0 amide bonds. The van der Waals surface area contributed by atoms with E-state index in [-0.39, 0.29) is 5.54 Å². The van der Waals surface area contributed by atoms with Crippen LogP contribution in [0.3, 0.4) is 0 Å². The van der Waals surface area contributed by atoms with Crippen molar-refractivity contribution in [1.82, 2.24) is 0 Å². The smallest absolute Gasteiger partial charge is 0.0524 e. The summed E-state index contributed by atoms with van der Waals surface area (Å²) in [5.74, 6) is 0.346. The van der Waals surface area contributed by atoms with Crippen molar-refractivity contribution in [3.8, 4) is 0 Å². The highest BCUT2D eigenvalue weighted by atomic mass is 14.8. The van der Waals surface area contributed by atoms with Gasteiger partial charge in [-0.1, -0.05) is 60.2 Å². The lowest BCUT2D eigenvalue weighted by Gasteiger charge is -2.18. The number of benzene rings is 2. The van der Waals surface area contributed by atoms with Crippen LogP contribution >= 0.6 is 0 Å². The van der Waals surface area contributed by atoms with Crippen LogP contribution < -0.4 is 0 Å². The summed E-state index contributed by atoms with van der Waals surface area (Å²) in [6.45, 7) is 8.61. The number of aliphatic imine (C=N–C) groups is 1. The lowest BCUT2D eigenvalue weighted by molar-refractivity contribution is 0.586. The van der Waals surface area contributed by atoms with Crippen molar-refractivity contribution in [3.63, 3.8) is 0 Å². The molecule has 22 heavy (non-hydrogen) atoms. The Morgan fingerprint density at radius 2 is 1.55 bits per heavy atom. The predicted octanol–water partition coefficient (Wildman–Crippen LogP) is 5.45. The van der Waals surface area contributed by atoms with E-state index in [4.69, 9.17) is 4.99 Å². The van der Waals surface area contributed by atoms with Crippen LogP contribution in [0, 0.1) is 0 Å². The second kappa shape index (κ2) is 5.57. The van der Waals surface area contributed by atoms with Crippen molar-refractivity contribution in [2.45, 2.75) is 39.2 Å². The lowest BCUT2D eigenvalue weighted by atomic mass is 9.86. The van der Waals surface area contributed by atoms with Crippen molar-refractivity contribution >= 4 is 12.3 Å². The molecule has 0 aliphatic heterocycles. The monoisotopic (exact) mass is 289 g/mol. The summed E-state index contributed by atoms with van der Waals surface area (Å²) in [5.41, 5.74) is 6.65. The van der Waals surface area contributed by atoms with Gasteiger partial charge in [-0.25, -0.2) is 0 Å². The van der Waals surface area contributed by atoms with Gasteiger partial charge >= 0.3 is 0 Å². The standard InChI is InChI=1S/C21H23N/c1-15-13-16-9-5-7-11-18(16)20(15)19-12-8-6-10-17(19)14-22-21(2,3)4/h5-14,20H,1-4H3/b22-14+. The van der Waals surface area contributed by atoms with Crippen molar-refractivity contribution in [3.05, 3.63) is 76.4 Å². The number of fused-ring (bicyclic) bond motifs is 1. The van der Waals surface area contributed by atoms with Crippen LogP contribution in [0.5, 0.6) is 0 Å². The number of rotatable bonds is 2. The molecule has 112 valence electrons. The minimum atomic E-state index is -0.0500. The van der Waals surface area contributed by atoms with E-state index in [1.165, 1.54) is 27.8 Å². The Balaban J connectivity index is 2.07. The molecule has 0 bridgehead atoms. The Kier molecular flexibility index (Phi) is 3.74. The van der Waals surface area contributed by atoms with E-state index in [0.29, 0.717) is 5.92 Å². The van der Waals surface area contributed by atoms with Gasteiger partial charge in [-0.05, 0) is 49.9 Å². The molecule has 0 spiro atoms. The SMILES string of the molecule is CC1=Cc2ccccc2C1c1ccccc1/C=N/C(C)(C)C. The maximum atomic E-state index is 4.70. The molecule has 0 saturated heterocycles. The number of hydrogen-bond acceptors (Lipinski definition) is 1. The molecular formula is C21H23N. The zero-order valence-electron chi connectivity index (χ0n) is 13.8. The fourth-order valence-corrected chi connectivity index (χ4v) is 3.05. The van der Waals surface area contributed by atoms with Crippen molar-refractivity contribution in [2.75, 3.05) is 0 Å². The molecule has 3 rings (SSSR count). The van der Waals surface area contributed by atoms with Crippen LogP contribution in [-0.2, 0) is 0 Å². The predicted molar refractivity (Wildman–Crippen MR) is 95.7 cm³/mol. The highest BCUT2D eigenvalue weighted by Crippen LogP contribution is 2.41. The van der Waals surface area contributed by atoms with Gasteiger partial charge in [0, 0.05) is 12.1 Å². The molecule has 0 fully saturated rings. The molecule has 1 atom stereocenters. The lowest BCUT2D eigenvalue weighted by Crippen LogP contribution is -2.11. The van der Waals surface area contributed by atoms with Gasteiger partial charge in [0.1, 0.15) is 0 Å². The summed E-state index contributed by atoms with van der Waals surface area (Å²) in [7, 11) is 0. The average Bonchev–Trinajstić information content (AvgIpc) is 2.80. The van der Waals surface area contributed by atoms with E-state index in [9.17, 15) is 0 Å². The van der Waals surface area contributed by atoms with Gasteiger partial charge in [0.2, 0.25) is 0 Å². The molecule has 1 nitrogen and oxygen atoms in total.